The van der Waals surface area contributed by atoms with Gasteiger partial charge >= 0.3 is 6.18 Å². The topological polar surface area (TPSA) is 41.9 Å². The van der Waals surface area contributed by atoms with E-state index >= 15 is 0 Å². The summed E-state index contributed by atoms with van der Waals surface area (Å²) in [7, 11) is 1.34. The number of hydrogen-bond donors (Lipinski definition) is 0. The molecule has 0 bridgehead atoms. The summed E-state index contributed by atoms with van der Waals surface area (Å²) < 4.78 is 37.5. The maximum Gasteiger partial charge on any atom is 0.416 e. The van der Waals surface area contributed by atoms with Gasteiger partial charge in [0.05, 0.1) is 18.3 Å². The van der Waals surface area contributed by atoms with E-state index in [4.69, 9.17) is 23.2 Å². The zero-order chi connectivity index (χ0) is 16.8. The zero-order valence-corrected chi connectivity index (χ0v) is 13.0. The van der Waals surface area contributed by atoms with Gasteiger partial charge in [-0.05, 0) is 17.7 Å². The SMILES string of the molecule is CON=CCN(Cc1ccc(C(F)(F)F)cc1)C(=O)C(Cl)Cl. The number of carbonyl (C=O) groups excluding carboxylic acids is 1. The maximum absolute atomic E-state index is 12.5. The van der Waals surface area contributed by atoms with Crippen LogP contribution in [0.3, 0.4) is 0 Å². The van der Waals surface area contributed by atoms with Crippen molar-refractivity contribution < 1.29 is 22.8 Å². The highest BCUT2D eigenvalue weighted by Gasteiger charge is 2.30. The molecule has 0 aliphatic heterocycles. The van der Waals surface area contributed by atoms with Crippen LogP contribution in [0.25, 0.3) is 0 Å². The molecule has 0 heterocycles. The van der Waals surface area contributed by atoms with E-state index in [1.807, 2.05) is 0 Å². The van der Waals surface area contributed by atoms with Gasteiger partial charge in [-0.25, -0.2) is 0 Å². The van der Waals surface area contributed by atoms with Gasteiger partial charge in [0.2, 0.25) is 0 Å². The number of alkyl halides is 5. The Kier molecular flexibility index (Phi) is 6.96. The van der Waals surface area contributed by atoms with Crippen molar-refractivity contribution in [1.29, 1.82) is 0 Å². The van der Waals surface area contributed by atoms with Crippen LogP contribution in [0.2, 0.25) is 0 Å². The number of oxime groups is 1. The van der Waals surface area contributed by atoms with E-state index in [1.165, 1.54) is 30.4 Å². The van der Waals surface area contributed by atoms with E-state index in [0.717, 1.165) is 12.1 Å². The molecule has 1 aromatic carbocycles. The Labute approximate surface area is 135 Å². The molecule has 122 valence electrons. The molecular weight excluding hydrogens is 344 g/mol. The fourth-order valence-electron chi connectivity index (χ4n) is 1.60. The van der Waals surface area contributed by atoms with Crippen LogP contribution >= 0.6 is 23.2 Å². The van der Waals surface area contributed by atoms with E-state index in [-0.39, 0.29) is 13.1 Å². The van der Waals surface area contributed by atoms with Crippen molar-refractivity contribution in [3.05, 3.63) is 35.4 Å². The highest BCUT2D eigenvalue weighted by Crippen LogP contribution is 2.29. The number of halogens is 5. The third-order valence-electron chi connectivity index (χ3n) is 2.64. The van der Waals surface area contributed by atoms with E-state index in [9.17, 15) is 18.0 Å². The Bertz CT molecular complexity index is 519. The van der Waals surface area contributed by atoms with Crippen molar-refractivity contribution in [3.63, 3.8) is 0 Å². The van der Waals surface area contributed by atoms with Gasteiger partial charge in [-0.15, -0.1) is 0 Å². The molecule has 0 saturated carbocycles. The lowest BCUT2D eigenvalue weighted by molar-refractivity contribution is -0.137. The lowest BCUT2D eigenvalue weighted by Crippen LogP contribution is -2.35. The Morgan fingerprint density at radius 2 is 1.95 bits per heavy atom. The van der Waals surface area contributed by atoms with E-state index in [1.54, 1.807) is 0 Å². The average molecular weight is 357 g/mol. The highest BCUT2D eigenvalue weighted by atomic mass is 35.5. The first kappa shape index (κ1) is 18.6. The van der Waals surface area contributed by atoms with Crippen LogP contribution in [0.4, 0.5) is 13.2 Å². The largest absolute Gasteiger partial charge is 0.416 e. The molecule has 0 N–H and O–H groups in total. The summed E-state index contributed by atoms with van der Waals surface area (Å²) in [5.74, 6) is -0.578. The zero-order valence-electron chi connectivity index (χ0n) is 11.5. The van der Waals surface area contributed by atoms with Crippen molar-refractivity contribution in [2.45, 2.75) is 17.6 Å². The summed E-state index contributed by atoms with van der Waals surface area (Å²) in [6.45, 7) is 0.103. The molecule has 0 radical (unpaired) electrons. The molecule has 0 fully saturated rings. The first-order valence-corrected chi connectivity index (χ1v) is 6.91. The molecule has 0 aromatic heterocycles. The van der Waals surface area contributed by atoms with Crippen molar-refractivity contribution in [2.75, 3.05) is 13.7 Å². The number of benzene rings is 1. The predicted molar refractivity (Wildman–Crippen MR) is 77.9 cm³/mol. The summed E-state index contributed by atoms with van der Waals surface area (Å²) in [6, 6.07) is 4.46. The van der Waals surface area contributed by atoms with Crippen molar-refractivity contribution in [2.24, 2.45) is 5.16 Å². The molecule has 9 heteroatoms. The van der Waals surface area contributed by atoms with E-state index in [2.05, 4.69) is 9.99 Å². The third kappa shape index (κ3) is 5.73. The van der Waals surface area contributed by atoms with Crippen molar-refractivity contribution in [1.82, 2.24) is 4.90 Å². The summed E-state index contributed by atoms with van der Waals surface area (Å²) in [5, 5.41) is 3.49. The van der Waals surface area contributed by atoms with E-state index in [0.29, 0.717) is 5.56 Å². The number of nitrogens with zero attached hydrogens (tertiary/aromatic N) is 2. The highest BCUT2D eigenvalue weighted by molar-refractivity contribution is 6.53. The molecule has 1 aromatic rings. The van der Waals surface area contributed by atoms with Crippen LogP contribution in [-0.2, 0) is 22.4 Å². The fourth-order valence-corrected chi connectivity index (χ4v) is 1.87. The molecule has 0 aliphatic rings. The van der Waals surface area contributed by atoms with Crippen LogP contribution < -0.4 is 0 Å². The van der Waals surface area contributed by atoms with Gasteiger partial charge in [-0.3, -0.25) is 4.79 Å². The van der Waals surface area contributed by atoms with Crippen LogP contribution in [-0.4, -0.2) is 35.5 Å². The van der Waals surface area contributed by atoms with Gasteiger partial charge in [0.15, 0.2) is 4.84 Å². The molecule has 0 aliphatic carbocycles. The predicted octanol–water partition coefficient (Wildman–Crippen LogP) is 3.47. The number of rotatable bonds is 6. The Balaban J connectivity index is 2.84. The molecule has 0 saturated heterocycles. The van der Waals surface area contributed by atoms with Gasteiger partial charge in [0, 0.05) is 6.54 Å². The lowest BCUT2D eigenvalue weighted by atomic mass is 10.1. The normalized spacial score (nSPS) is 12.0. The third-order valence-corrected chi connectivity index (χ3v) is 3.01. The molecule has 0 atom stereocenters. The molecule has 4 nitrogen and oxygen atoms in total. The second kappa shape index (κ2) is 8.24. The molecule has 0 unspecified atom stereocenters. The number of hydrogen-bond acceptors (Lipinski definition) is 3. The van der Waals surface area contributed by atoms with Gasteiger partial charge in [0.25, 0.3) is 5.91 Å². The summed E-state index contributed by atoms with van der Waals surface area (Å²) in [6.07, 6.45) is -3.09. The smallest absolute Gasteiger partial charge is 0.399 e. The molecule has 0 spiro atoms. The minimum Gasteiger partial charge on any atom is -0.399 e. The number of amides is 1. The first-order chi connectivity index (χ1) is 10.3. The van der Waals surface area contributed by atoms with Crippen molar-refractivity contribution in [3.8, 4) is 0 Å². The van der Waals surface area contributed by atoms with Gasteiger partial charge < -0.3 is 9.74 Å². The monoisotopic (exact) mass is 356 g/mol. The minimum atomic E-state index is -4.41. The molecule has 1 amide bonds. The fraction of sp³-hybridized carbons (Fsp3) is 0.385. The summed E-state index contributed by atoms with van der Waals surface area (Å²) in [5.41, 5.74) is -0.260. The van der Waals surface area contributed by atoms with Crippen LogP contribution in [0.15, 0.2) is 29.4 Å². The quantitative estimate of drug-likeness (QED) is 0.445. The summed E-state index contributed by atoms with van der Waals surface area (Å²) in [4.78, 5) is 16.3. The molecule has 1 rings (SSSR count). The Morgan fingerprint density at radius 1 is 1.36 bits per heavy atom. The lowest BCUT2D eigenvalue weighted by Gasteiger charge is -2.21. The summed E-state index contributed by atoms with van der Waals surface area (Å²) >= 11 is 11.1. The van der Waals surface area contributed by atoms with Gasteiger partial charge in [-0.2, -0.15) is 13.2 Å². The Hall–Kier alpha value is -1.47. The van der Waals surface area contributed by atoms with Gasteiger partial charge in [-0.1, -0.05) is 40.5 Å². The second-order valence-electron chi connectivity index (χ2n) is 4.18. The van der Waals surface area contributed by atoms with E-state index < -0.39 is 22.5 Å². The number of carbonyl (C=O) groups is 1. The maximum atomic E-state index is 12.5. The molecule has 22 heavy (non-hydrogen) atoms. The first-order valence-electron chi connectivity index (χ1n) is 6.03. The van der Waals surface area contributed by atoms with Crippen LogP contribution in [0, 0.1) is 0 Å². The van der Waals surface area contributed by atoms with Crippen LogP contribution in [0.5, 0.6) is 0 Å². The van der Waals surface area contributed by atoms with Crippen molar-refractivity contribution >= 4 is 35.3 Å². The second-order valence-corrected chi connectivity index (χ2v) is 5.28. The molecular formula is C13H13Cl2F3N2O2. The van der Waals surface area contributed by atoms with Gasteiger partial charge in [0.1, 0.15) is 7.11 Å². The standard InChI is InChI=1S/C13H13Cl2F3N2O2/c1-22-19-6-7-20(12(21)11(14)15)8-9-2-4-10(5-3-9)13(16,17)18/h2-6,11H,7-8H2,1H3. The minimum absolute atomic E-state index is 0.0443. The Morgan fingerprint density at radius 3 is 2.41 bits per heavy atom. The van der Waals surface area contributed by atoms with Crippen LogP contribution in [0.1, 0.15) is 11.1 Å². The average Bonchev–Trinajstić information content (AvgIpc) is 2.45.